The molecule has 3 aromatic heterocycles. The molecule has 7 aromatic carbocycles. The number of rotatable bonds is 9. The Balaban J connectivity index is 0.00000562. The first-order chi connectivity index (χ1) is 32.3. The molecule has 326 valence electrons. The fraction of sp³-hybridized carbons (Fsp3) is 0.109. The molecule has 3 heterocycles. The highest BCUT2D eigenvalue weighted by Gasteiger charge is 2.26. The average molecular weight is 866 g/mol. The highest BCUT2D eigenvalue weighted by Crippen LogP contribution is 2.50. The second-order valence-electron chi connectivity index (χ2n) is 17.4. The van der Waals surface area contributed by atoms with E-state index in [9.17, 15) is 0 Å². The second kappa shape index (κ2) is 18.8. The number of aromatic nitrogens is 3. The van der Waals surface area contributed by atoms with Crippen LogP contribution in [0.15, 0.2) is 201 Å². The minimum Gasteiger partial charge on any atom is -0.256 e. The molecule has 10 aromatic rings. The smallest absolute Gasteiger partial charge is 0.0705 e. The molecule has 3 nitrogen and oxygen atoms in total. The fourth-order valence-electron chi connectivity index (χ4n) is 10.1. The maximum atomic E-state index is 5.06. The van der Waals surface area contributed by atoms with Gasteiger partial charge in [-0.1, -0.05) is 171 Å². The molecule has 0 amide bonds. The minimum absolute atomic E-state index is 0. The van der Waals surface area contributed by atoms with Crippen molar-refractivity contribution in [1.82, 2.24) is 15.0 Å². The molecule has 0 saturated heterocycles. The maximum absolute atomic E-state index is 5.06. The van der Waals surface area contributed by atoms with E-state index in [4.69, 9.17) is 15.0 Å². The predicted octanol–water partition coefficient (Wildman–Crippen LogP) is 17.4. The van der Waals surface area contributed by atoms with Crippen molar-refractivity contribution in [3.05, 3.63) is 234 Å². The van der Waals surface area contributed by atoms with Gasteiger partial charge in [0.25, 0.3) is 0 Å². The van der Waals surface area contributed by atoms with Crippen LogP contribution < -0.4 is 0 Å². The maximum Gasteiger partial charge on any atom is 0.0705 e. The summed E-state index contributed by atoms with van der Waals surface area (Å²) in [5, 5.41) is 0. The monoisotopic (exact) mass is 865 g/mol. The Morgan fingerprint density at radius 2 is 0.478 bits per heavy atom. The Hall–Kier alpha value is -8.01. The third-order valence-corrected chi connectivity index (χ3v) is 13.3. The highest BCUT2D eigenvalue weighted by atomic mass is 14.7. The molecule has 0 radical (unpaired) electrons. The summed E-state index contributed by atoms with van der Waals surface area (Å²) in [4.78, 5) is 15.2. The molecular weight excluding hydrogens is 811 g/mol. The molecular formula is C64H55N3. The van der Waals surface area contributed by atoms with Crippen molar-refractivity contribution in [2.45, 2.75) is 49.0 Å². The van der Waals surface area contributed by atoms with E-state index in [0.717, 1.165) is 67.2 Å². The van der Waals surface area contributed by atoms with Crippen LogP contribution in [0.1, 0.15) is 40.8 Å². The van der Waals surface area contributed by atoms with Crippen LogP contribution in [0.4, 0.5) is 0 Å². The van der Waals surface area contributed by atoms with Crippen molar-refractivity contribution in [3.63, 3.8) is 0 Å². The summed E-state index contributed by atoms with van der Waals surface area (Å²) >= 11 is 0. The zero-order valence-corrected chi connectivity index (χ0v) is 38.4. The Morgan fingerprint density at radius 1 is 0.254 bits per heavy atom. The molecule has 10 rings (SSSR count). The van der Waals surface area contributed by atoms with Gasteiger partial charge in [-0.05, 0) is 143 Å². The van der Waals surface area contributed by atoms with Gasteiger partial charge in [-0.15, -0.1) is 0 Å². The second-order valence-corrected chi connectivity index (χ2v) is 17.4. The number of benzene rings is 7. The molecule has 0 aliphatic carbocycles. The van der Waals surface area contributed by atoms with Crippen LogP contribution >= 0.6 is 0 Å². The molecule has 3 heteroatoms. The summed E-state index contributed by atoms with van der Waals surface area (Å²) in [5.41, 5.74) is 27.5. The Bertz CT molecular complexity index is 3020. The lowest BCUT2D eigenvalue weighted by Crippen LogP contribution is -2.04. The minimum atomic E-state index is 0. The van der Waals surface area contributed by atoms with Gasteiger partial charge in [0.1, 0.15) is 0 Å². The van der Waals surface area contributed by atoms with E-state index in [0.29, 0.717) is 0 Å². The lowest BCUT2D eigenvalue weighted by atomic mass is 9.77. The number of pyridine rings is 3. The van der Waals surface area contributed by atoms with Gasteiger partial charge >= 0.3 is 0 Å². The van der Waals surface area contributed by atoms with Gasteiger partial charge in [-0.3, -0.25) is 15.0 Å². The lowest BCUT2D eigenvalue weighted by Gasteiger charge is -2.27. The van der Waals surface area contributed by atoms with Gasteiger partial charge in [0.2, 0.25) is 0 Å². The SMILES string of the molecule is C.Cc1cc(-c2ccccc2)ncc1-c1ccccc1-c1c(C)c(-c2ccccc2-c2cnc(-c3ccccc3)cc2C)c(C)c(-c2ccccc2-c2cnc(-c3ccccc3)cc2C)c1C. The number of nitrogens with zero attached hydrogens (tertiary/aromatic N) is 3. The first-order valence-corrected chi connectivity index (χ1v) is 22.8. The molecule has 0 atom stereocenters. The Labute approximate surface area is 396 Å². The van der Waals surface area contributed by atoms with E-state index >= 15 is 0 Å². The van der Waals surface area contributed by atoms with E-state index < -0.39 is 0 Å². The molecule has 0 spiro atoms. The zero-order chi connectivity index (χ0) is 45.3. The van der Waals surface area contributed by atoms with Crippen LogP contribution in [0.25, 0.3) is 101 Å². The molecule has 0 unspecified atom stereocenters. The van der Waals surface area contributed by atoms with E-state index in [-0.39, 0.29) is 7.43 Å². The molecule has 0 bridgehead atoms. The summed E-state index contributed by atoms with van der Waals surface area (Å²) in [7, 11) is 0. The van der Waals surface area contributed by atoms with Crippen LogP contribution in [0.5, 0.6) is 0 Å². The standard InChI is InChI=1S/C63H51N3.CH4/c1-40-34-58(46-22-10-7-11-23-46)64-37-55(40)49-28-16-19-31-52(49)61-43(4)62(53-32-20-17-29-50(53)56-38-65-59(35-41(56)2)47-24-12-8-13-25-47)45(6)63(44(61)5)54-33-21-18-30-51(54)57-39-66-60(36-42(57)3)48-26-14-9-15-27-48;/h7-39H,1-6H3;1H4. The average Bonchev–Trinajstić information content (AvgIpc) is 3.35. The van der Waals surface area contributed by atoms with Crippen LogP contribution in [-0.4, -0.2) is 15.0 Å². The van der Waals surface area contributed by atoms with E-state index in [2.05, 4.69) is 224 Å². The van der Waals surface area contributed by atoms with Crippen LogP contribution in [0, 0.1) is 41.5 Å². The van der Waals surface area contributed by atoms with E-state index in [1.165, 1.54) is 66.8 Å². The van der Waals surface area contributed by atoms with E-state index in [1.807, 2.05) is 18.2 Å². The van der Waals surface area contributed by atoms with E-state index in [1.54, 1.807) is 0 Å². The van der Waals surface area contributed by atoms with Gasteiger partial charge in [0.05, 0.1) is 17.1 Å². The quantitative estimate of drug-likeness (QED) is 0.145. The summed E-state index contributed by atoms with van der Waals surface area (Å²) in [5.74, 6) is 0. The first-order valence-electron chi connectivity index (χ1n) is 22.8. The molecule has 0 aliphatic heterocycles. The summed E-state index contributed by atoms with van der Waals surface area (Å²) in [6.07, 6.45) is 6.18. The van der Waals surface area contributed by atoms with Crippen molar-refractivity contribution in [3.8, 4) is 101 Å². The fourth-order valence-corrected chi connectivity index (χ4v) is 10.1. The summed E-state index contributed by atoms with van der Waals surface area (Å²) < 4.78 is 0. The zero-order valence-electron chi connectivity index (χ0n) is 38.4. The number of hydrogen-bond donors (Lipinski definition) is 0. The Morgan fingerprint density at radius 3 is 0.716 bits per heavy atom. The lowest BCUT2D eigenvalue weighted by molar-refractivity contribution is 1.27. The van der Waals surface area contributed by atoms with Crippen molar-refractivity contribution < 1.29 is 0 Å². The Kier molecular flexibility index (Phi) is 12.4. The summed E-state index contributed by atoms with van der Waals surface area (Å²) in [6, 6.07) is 64.6. The van der Waals surface area contributed by atoms with Crippen molar-refractivity contribution in [2.75, 3.05) is 0 Å². The van der Waals surface area contributed by atoms with Crippen LogP contribution in [-0.2, 0) is 0 Å². The molecule has 0 fully saturated rings. The van der Waals surface area contributed by atoms with Crippen molar-refractivity contribution in [2.24, 2.45) is 0 Å². The first kappa shape index (κ1) is 44.2. The van der Waals surface area contributed by atoms with Gasteiger partial charge in [-0.2, -0.15) is 0 Å². The summed E-state index contributed by atoms with van der Waals surface area (Å²) in [6.45, 7) is 13.6. The molecule has 0 aliphatic rings. The van der Waals surface area contributed by atoms with Gasteiger partial charge < -0.3 is 0 Å². The van der Waals surface area contributed by atoms with Crippen LogP contribution in [0.2, 0.25) is 0 Å². The van der Waals surface area contributed by atoms with Gasteiger partial charge in [-0.25, -0.2) is 0 Å². The third-order valence-electron chi connectivity index (χ3n) is 13.3. The van der Waals surface area contributed by atoms with Crippen molar-refractivity contribution >= 4 is 0 Å². The number of aryl methyl sites for hydroxylation is 3. The molecule has 0 saturated carbocycles. The topological polar surface area (TPSA) is 38.7 Å². The highest BCUT2D eigenvalue weighted by molar-refractivity contribution is 6.01. The normalized spacial score (nSPS) is 11.0. The van der Waals surface area contributed by atoms with Gasteiger partial charge in [0, 0.05) is 52.0 Å². The largest absolute Gasteiger partial charge is 0.256 e. The molecule has 67 heavy (non-hydrogen) atoms. The van der Waals surface area contributed by atoms with Gasteiger partial charge in [0.15, 0.2) is 0 Å². The third kappa shape index (κ3) is 8.30. The van der Waals surface area contributed by atoms with Crippen LogP contribution in [0.3, 0.4) is 0 Å². The number of hydrogen-bond acceptors (Lipinski definition) is 3. The van der Waals surface area contributed by atoms with Crippen molar-refractivity contribution in [1.29, 1.82) is 0 Å². The molecule has 0 N–H and O–H groups in total. The predicted molar refractivity (Wildman–Crippen MR) is 284 cm³/mol.